The summed E-state index contributed by atoms with van der Waals surface area (Å²) in [4.78, 5) is 18.9. The van der Waals surface area contributed by atoms with Crippen molar-refractivity contribution in [2.75, 3.05) is 13.1 Å². The molecule has 3 rings (SSSR count). The number of nitrogens with two attached hydrogens (primary N) is 1. The molecule has 1 aromatic heterocycles. The van der Waals surface area contributed by atoms with Gasteiger partial charge < -0.3 is 10.6 Å². The summed E-state index contributed by atoms with van der Waals surface area (Å²) in [5, 5.41) is 0. The SMILES string of the molecule is Cc1nc(-c2ccccc2)ccc1C(=O)N1CC[C@@H](N)C1. The van der Waals surface area contributed by atoms with E-state index in [1.165, 1.54) is 0 Å². The summed E-state index contributed by atoms with van der Waals surface area (Å²) in [6.07, 6.45) is 0.875. The van der Waals surface area contributed by atoms with Gasteiger partial charge in [0.2, 0.25) is 0 Å². The zero-order chi connectivity index (χ0) is 14.8. The quantitative estimate of drug-likeness (QED) is 0.918. The molecule has 21 heavy (non-hydrogen) atoms. The lowest BCUT2D eigenvalue weighted by atomic mass is 10.1. The zero-order valence-corrected chi connectivity index (χ0v) is 12.1. The third-order valence-corrected chi connectivity index (χ3v) is 3.90. The van der Waals surface area contributed by atoms with Crippen molar-refractivity contribution in [2.45, 2.75) is 19.4 Å². The van der Waals surface area contributed by atoms with Crippen LogP contribution < -0.4 is 5.73 Å². The summed E-state index contributed by atoms with van der Waals surface area (Å²) in [5.74, 6) is 0.0348. The van der Waals surface area contributed by atoms with Crippen LogP contribution in [0.25, 0.3) is 11.3 Å². The first kappa shape index (κ1) is 13.8. The Bertz CT molecular complexity index is 654. The molecule has 2 N–H and O–H groups in total. The van der Waals surface area contributed by atoms with Gasteiger partial charge in [0.25, 0.3) is 5.91 Å². The van der Waals surface area contributed by atoms with Crippen molar-refractivity contribution in [3.63, 3.8) is 0 Å². The Hall–Kier alpha value is -2.20. The second-order valence-electron chi connectivity index (χ2n) is 5.50. The minimum absolute atomic E-state index is 0.0348. The molecule has 108 valence electrons. The standard InChI is InChI=1S/C17H19N3O/c1-12-15(17(21)20-10-9-14(18)11-20)7-8-16(19-12)13-5-3-2-4-6-13/h2-8,14H,9-11,18H2,1H3/t14-/m1/s1. The highest BCUT2D eigenvalue weighted by Gasteiger charge is 2.25. The topological polar surface area (TPSA) is 59.2 Å². The highest BCUT2D eigenvalue weighted by molar-refractivity contribution is 5.95. The predicted octanol–water partition coefficient (Wildman–Crippen LogP) is 2.23. The Morgan fingerprint density at radius 2 is 2.00 bits per heavy atom. The van der Waals surface area contributed by atoms with Gasteiger partial charge in [-0.25, -0.2) is 0 Å². The molecule has 4 heteroatoms. The molecular weight excluding hydrogens is 262 g/mol. The number of carbonyl (C=O) groups excluding carboxylic acids is 1. The fourth-order valence-electron chi connectivity index (χ4n) is 2.70. The summed E-state index contributed by atoms with van der Waals surface area (Å²) in [6.45, 7) is 3.26. The third-order valence-electron chi connectivity index (χ3n) is 3.90. The van der Waals surface area contributed by atoms with E-state index in [1.807, 2.05) is 54.3 Å². The second kappa shape index (κ2) is 5.66. The molecular formula is C17H19N3O. The van der Waals surface area contributed by atoms with Crippen molar-refractivity contribution in [3.05, 3.63) is 53.7 Å². The van der Waals surface area contributed by atoms with E-state index in [2.05, 4.69) is 4.98 Å². The van der Waals surface area contributed by atoms with Gasteiger partial charge >= 0.3 is 0 Å². The monoisotopic (exact) mass is 281 g/mol. The number of aromatic nitrogens is 1. The second-order valence-corrected chi connectivity index (χ2v) is 5.50. The number of amides is 1. The van der Waals surface area contributed by atoms with Crippen LogP contribution in [0.3, 0.4) is 0 Å². The van der Waals surface area contributed by atoms with Gasteiger partial charge in [0.15, 0.2) is 0 Å². The van der Waals surface area contributed by atoms with Crippen LogP contribution >= 0.6 is 0 Å². The van der Waals surface area contributed by atoms with E-state index >= 15 is 0 Å². The molecule has 1 aliphatic rings. The van der Waals surface area contributed by atoms with E-state index in [1.54, 1.807) is 0 Å². The van der Waals surface area contributed by atoms with Crippen molar-refractivity contribution in [2.24, 2.45) is 5.73 Å². The van der Waals surface area contributed by atoms with Crippen molar-refractivity contribution >= 4 is 5.91 Å². The fourth-order valence-corrected chi connectivity index (χ4v) is 2.70. The molecule has 1 fully saturated rings. The lowest BCUT2D eigenvalue weighted by molar-refractivity contribution is 0.0789. The highest BCUT2D eigenvalue weighted by atomic mass is 16.2. The first-order valence-electron chi connectivity index (χ1n) is 7.23. The zero-order valence-electron chi connectivity index (χ0n) is 12.1. The average molecular weight is 281 g/mol. The lowest BCUT2D eigenvalue weighted by Crippen LogP contribution is -2.32. The number of rotatable bonds is 2. The van der Waals surface area contributed by atoms with E-state index in [4.69, 9.17) is 5.73 Å². The number of aryl methyl sites for hydroxylation is 1. The van der Waals surface area contributed by atoms with Gasteiger partial charge in [0.05, 0.1) is 17.0 Å². The smallest absolute Gasteiger partial charge is 0.255 e. The number of benzene rings is 1. The molecule has 1 amide bonds. The maximum Gasteiger partial charge on any atom is 0.255 e. The lowest BCUT2D eigenvalue weighted by Gasteiger charge is -2.17. The number of hydrogen-bond acceptors (Lipinski definition) is 3. The molecule has 1 saturated heterocycles. The maximum atomic E-state index is 12.5. The van der Waals surface area contributed by atoms with Crippen LogP contribution in [0.5, 0.6) is 0 Å². The fraction of sp³-hybridized carbons (Fsp3) is 0.294. The van der Waals surface area contributed by atoms with E-state index in [9.17, 15) is 4.79 Å². The summed E-state index contributed by atoms with van der Waals surface area (Å²) >= 11 is 0. The van der Waals surface area contributed by atoms with Gasteiger partial charge in [-0.15, -0.1) is 0 Å². The molecule has 2 aromatic rings. The molecule has 0 saturated carbocycles. The molecule has 0 radical (unpaired) electrons. The Labute approximate surface area is 124 Å². The summed E-state index contributed by atoms with van der Waals surface area (Å²) in [5.41, 5.74) is 9.26. The van der Waals surface area contributed by atoms with Crippen molar-refractivity contribution in [3.8, 4) is 11.3 Å². The van der Waals surface area contributed by atoms with Crippen LogP contribution in [0, 0.1) is 6.92 Å². The van der Waals surface area contributed by atoms with Crippen LogP contribution in [0.1, 0.15) is 22.5 Å². The molecule has 0 bridgehead atoms. The van der Waals surface area contributed by atoms with Gasteiger partial charge in [-0.05, 0) is 25.5 Å². The van der Waals surface area contributed by atoms with E-state index in [-0.39, 0.29) is 11.9 Å². The number of pyridine rings is 1. The van der Waals surface area contributed by atoms with Crippen molar-refractivity contribution in [1.29, 1.82) is 0 Å². The average Bonchev–Trinajstić information content (AvgIpc) is 2.94. The first-order valence-corrected chi connectivity index (χ1v) is 7.23. The van der Waals surface area contributed by atoms with Crippen LogP contribution in [0.4, 0.5) is 0 Å². The van der Waals surface area contributed by atoms with Gasteiger partial charge in [-0.2, -0.15) is 0 Å². The van der Waals surface area contributed by atoms with Crippen LogP contribution in [0.15, 0.2) is 42.5 Å². The van der Waals surface area contributed by atoms with Crippen LogP contribution in [0.2, 0.25) is 0 Å². The predicted molar refractivity (Wildman–Crippen MR) is 82.9 cm³/mol. The number of hydrogen-bond donors (Lipinski definition) is 1. The normalized spacial score (nSPS) is 18.0. The van der Waals surface area contributed by atoms with Gasteiger partial charge in [-0.3, -0.25) is 9.78 Å². The van der Waals surface area contributed by atoms with Crippen molar-refractivity contribution < 1.29 is 4.79 Å². The maximum absolute atomic E-state index is 12.5. The largest absolute Gasteiger partial charge is 0.337 e. The van der Waals surface area contributed by atoms with Gasteiger partial charge in [0, 0.05) is 24.7 Å². The minimum atomic E-state index is 0.0348. The number of nitrogens with zero attached hydrogens (tertiary/aromatic N) is 2. The third kappa shape index (κ3) is 2.81. The molecule has 4 nitrogen and oxygen atoms in total. The van der Waals surface area contributed by atoms with Gasteiger partial charge in [-0.1, -0.05) is 30.3 Å². The Balaban J connectivity index is 1.86. The summed E-state index contributed by atoms with van der Waals surface area (Å²) < 4.78 is 0. The molecule has 0 spiro atoms. The molecule has 0 unspecified atom stereocenters. The van der Waals surface area contributed by atoms with Gasteiger partial charge in [0.1, 0.15) is 0 Å². The Kier molecular flexibility index (Phi) is 3.71. The Morgan fingerprint density at radius 3 is 2.62 bits per heavy atom. The molecule has 0 aliphatic carbocycles. The van der Waals surface area contributed by atoms with Crippen LogP contribution in [-0.2, 0) is 0 Å². The van der Waals surface area contributed by atoms with Crippen molar-refractivity contribution in [1.82, 2.24) is 9.88 Å². The van der Waals surface area contributed by atoms with Crippen LogP contribution in [-0.4, -0.2) is 34.9 Å². The molecule has 2 heterocycles. The summed E-state index contributed by atoms with van der Waals surface area (Å²) in [7, 11) is 0. The van der Waals surface area contributed by atoms with E-state index in [0.29, 0.717) is 12.1 Å². The Morgan fingerprint density at radius 1 is 1.24 bits per heavy atom. The molecule has 1 atom stereocenters. The summed E-state index contributed by atoms with van der Waals surface area (Å²) in [6, 6.07) is 13.9. The number of likely N-dealkylation sites (tertiary alicyclic amines) is 1. The number of carbonyl (C=O) groups is 1. The molecule has 1 aliphatic heterocycles. The van der Waals surface area contributed by atoms with E-state index in [0.717, 1.165) is 29.9 Å². The molecule has 1 aromatic carbocycles. The van der Waals surface area contributed by atoms with E-state index < -0.39 is 0 Å². The first-order chi connectivity index (χ1) is 10.1. The highest BCUT2D eigenvalue weighted by Crippen LogP contribution is 2.20. The minimum Gasteiger partial charge on any atom is -0.337 e.